The Labute approximate surface area is 360 Å². The number of methoxy groups -OCH3 is 8. The molecule has 0 heterocycles. The Hall–Kier alpha value is -5.61. The van der Waals surface area contributed by atoms with E-state index in [0.29, 0.717) is 6.42 Å². The third-order valence-electron chi connectivity index (χ3n) is 11.0. The van der Waals surface area contributed by atoms with E-state index >= 15 is 19.2 Å². The van der Waals surface area contributed by atoms with E-state index in [0.717, 1.165) is 0 Å². The molecule has 0 radical (unpaired) electrons. The van der Waals surface area contributed by atoms with Gasteiger partial charge in [0, 0.05) is 5.92 Å². The molecule has 1 atom stereocenters. The number of hydrogen-bond donors (Lipinski definition) is 0. The van der Waals surface area contributed by atoms with E-state index in [1.165, 1.54) is 56.9 Å². The summed E-state index contributed by atoms with van der Waals surface area (Å²) in [6, 6.07) is 19.1. The van der Waals surface area contributed by atoms with Crippen LogP contribution in [0.1, 0.15) is 89.4 Å². The van der Waals surface area contributed by atoms with Gasteiger partial charge in [0.1, 0.15) is 68.2 Å². The fourth-order valence-corrected chi connectivity index (χ4v) is 14.3. The summed E-state index contributed by atoms with van der Waals surface area (Å²) in [5, 5.41) is -2.59. The second kappa shape index (κ2) is 19.8. The quantitative estimate of drug-likeness (QED) is 0.0447. The minimum atomic E-state index is -4.81. The maximum Gasteiger partial charge on any atom is 0.315 e. The molecule has 0 aliphatic heterocycles. The van der Waals surface area contributed by atoms with Crippen LogP contribution in [0.2, 0.25) is 0 Å². The maximum atomic E-state index is 16.9. The third kappa shape index (κ3) is 8.65. The minimum Gasteiger partial charge on any atom is -0.496 e. The van der Waals surface area contributed by atoms with Crippen LogP contribution < -0.4 is 37.9 Å². The summed E-state index contributed by atoms with van der Waals surface area (Å²) in [5.74, 6) is -2.84. The zero-order valence-electron chi connectivity index (χ0n) is 37.8. The minimum absolute atomic E-state index is 0.0552. The molecule has 0 aliphatic rings. The number of Topliss-reactive ketones (excluding diaryl/α,β-unsaturated/α-hetero) is 2. The van der Waals surface area contributed by atoms with Crippen molar-refractivity contribution in [2.75, 3.05) is 63.0 Å². The summed E-state index contributed by atoms with van der Waals surface area (Å²) in [6.45, 7) is 11.4. The highest BCUT2D eigenvalue weighted by Crippen LogP contribution is 2.79. The van der Waals surface area contributed by atoms with Gasteiger partial charge in [-0.3, -0.25) is 9.59 Å². The van der Waals surface area contributed by atoms with Crippen molar-refractivity contribution >= 4 is 29.9 Å². The molecule has 61 heavy (non-hydrogen) atoms. The van der Waals surface area contributed by atoms with Crippen molar-refractivity contribution in [2.45, 2.75) is 53.1 Å². The summed E-state index contributed by atoms with van der Waals surface area (Å²) >= 11 is 0. The number of hydrogen-bond acceptors (Lipinski definition) is 12. The van der Waals surface area contributed by atoms with Gasteiger partial charge in [-0.05, 0) is 66.3 Å². The second-order valence-electron chi connectivity index (χ2n) is 16.2. The molecular formula is C48H60O12P+. The number of carbonyl (C=O) groups excluding carboxylic acids is 4. The van der Waals surface area contributed by atoms with Crippen molar-refractivity contribution in [3.63, 3.8) is 0 Å². The van der Waals surface area contributed by atoms with E-state index in [4.69, 9.17) is 37.9 Å². The van der Waals surface area contributed by atoms with E-state index in [-0.39, 0.29) is 79.8 Å². The predicted molar refractivity (Wildman–Crippen MR) is 238 cm³/mol. The van der Waals surface area contributed by atoms with Gasteiger partial charge in [0.25, 0.3) is 0 Å². The molecular weight excluding hydrogens is 799 g/mol. The van der Waals surface area contributed by atoms with Crippen LogP contribution in [0, 0.1) is 17.3 Å². The van der Waals surface area contributed by atoms with Gasteiger partial charge in [0.15, 0.2) is 7.26 Å². The topological polar surface area (TPSA) is 142 Å². The lowest BCUT2D eigenvalue weighted by atomic mass is 9.79. The monoisotopic (exact) mass is 859 g/mol. The zero-order chi connectivity index (χ0) is 45.4. The summed E-state index contributed by atoms with van der Waals surface area (Å²) in [4.78, 5) is 67.5. The Morgan fingerprint density at radius 1 is 0.459 bits per heavy atom. The second-order valence-corrected chi connectivity index (χ2v) is 19.7. The maximum absolute atomic E-state index is 16.9. The Balaban J connectivity index is 2.55. The lowest BCUT2D eigenvalue weighted by Gasteiger charge is -2.44. The Morgan fingerprint density at radius 2 is 0.705 bits per heavy atom. The average molecular weight is 860 g/mol. The first-order chi connectivity index (χ1) is 28.9. The molecule has 0 spiro atoms. The highest BCUT2D eigenvalue weighted by molar-refractivity contribution is 8.07. The molecule has 1 unspecified atom stereocenters. The molecule has 0 N–H and O–H groups in total. The molecule has 0 aromatic heterocycles. The highest BCUT2D eigenvalue weighted by Gasteiger charge is 2.79. The average Bonchev–Trinajstić information content (AvgIpc) is 3.25. The summed E-state index contributed by atoms with van der Waals surface area (Å²) in [6.07, 6.45) is 0.239. The van der Waals surface area contributed by atoms with Crippen LogP contribution in [-0.4, -0.2) is 90.8 Å². The van der Waals surface area contributed by atoms with E-state index in [9.17, 15) is 0 Å². The Kier molecular flexibility index (Phi) is 15.6. The van der Waals surface area contributed by atoms with Crippen LogP contribution in [0.15, 0.2) is 72.8 Å². The lowest BCUT2D eigenvalue weighted by molar-refractivity contribution is 0.0772. The molecule has 0 bridgehead atoms. The number of rotatable bonds is 21. The van der Waals surface area contributed by atoms with E-state index in [2.05, 4.69) is 0 Å². The Bertz CT molecular complexity index is 2010. The standard InChI is InChI=1S/C48H60O12P/c1-29(2)48(43(49)39-31(53-7)19-15-20-32(39)54-8,44(50)40-33(55-9)21-16-22-34(40)56-10)61(28-30(3)27-47(4,5)6,45(51)41-35(57-11)23-17-24-36(41)58-12)46(52)42-37(59-13)25-18-26-38(42)60-14/h15-26,29-30H,27-28H2,1-14H3/q+1. The van der Waals surface area contributed by atoms with E-state index in [1.807, 2.05) is 27.7 Å². The molecule has 13 heteroatoms. The number of benzene rings is 4. The van der Waals surface area contributed by atoms with Crippen LogP contribution in [0.25, 0.3) is 0 Å². The smallest absolute Gasteiger partial charge is 0.315 e. The molecule has 328 valence electrons. The van der Waals surface area contributed by atoms with Gasteiger partial charge in [-0.1, -0.05) is 65.8 Å². The normalized spacial score (nSPS) is 12.2. The van der Waals surface area contributed by atoms with Gasteiger partial charge >= 0.3 is 11.0 Å². The fraction of sp³-hybridized carbons (Fsp3) is 0.417. The fourth-order valence-electron chi connectivity index (χ4n) is 8.75. The van der Waals surface area contributed by atoms with Crippen LogP contribution >= 0.6 is 7.26 Å². The molecule has 4 aromatic carbocycles. The first kappa shape index (κ1) is 48.1. The molecule has 0 aliphatic carbocycles. The molecule has 0 amide bonds. The summed E-state index contributed by atoms with van der Waals surface area (Å²) < 4.78 is 46.9. The van der Waals surface area contributed by atoms with Crippen LogP contribution in [0.4, 0.5) is 0 Å². The van der Waals surface area contributed by atoms with Gasteiger partial charge in [-0.2, -0.15) is 0 Å². The van der Waals surface area contributed by atoms with Crippen molar-refractivity contribution in [3.05, 3.63) is 95.1 Å². The van der Waals surface area contributed by atoms with Gasteiger partial charge in [0.05, 0.1) is 63.0 Å². The molecule has 0 saturated heterocycles. The first-order valence-corrected chi connectivity index (χ1v) is 21.8. The lowest BCUT2D eigenvalue weighted by Crippen LogP contribution is -2.57. The summed E-state index contributed by atoms with van der Waals surface area (Å²) in [7, 11) is 6.31. The first-order valence-electron chi connectivity index (χ1n) is 19.9. The molecule has 4 rings (SSSR count). The van der Waals surface area contributed by atoms with Crippen molar-refractivity contribution in [1.29, 1.82) is 0 Å². The van der Waals surface area contributed by atoms with Crippen LogP contribution in [0.3, 0.4) is 0 Å². The number of ether oxygens (including phenoxy) is 8. The van der Waals surface area contributed by atoms with Crippen LogP contribution in [0.5, 0.6) is 46.0 Å². The third-order valence-corrected chi connectivity index (χ3v) is 16.1. The largest absolute Gasteiger partial charge is 0.496 e. The van der Waals surface area contributed by atoms with E-state index in [1.54, 1.807) is 86.6 Å². The van der Waals surface area contributed by atoms with Gasteiger partial charge in [-0.25, -0.2) is 9.59 Å². The highest BCUT2D eigenvalue weighted by atomic mass is 31.2. The van der Waals surface area contributed by atoms with Gasteiger partial charge in [0.2, 0.25) is 16.7 Å². The SMILES string of the molecule is COc1cccc(OC)c1C(=O)C(C(=O)c1c(OC)cccc1OC)(C(C)C)[P+](CC(C)CC(C)(C)C)(C(=O)c1c(OC)cccc1OC)C(=O)c1c(OC)cccc1OC. The zero-order valence-corrected chi connectivity index (χ0v) is 38.7. The molecule has 0 fully saturated rings. The van der Waals surface area contributed by atoms with Crippen molar-refractivity contribution in [3.8, 4) is 46.0 Å². The van der Waals surface area contributed by atoms with Crippen molar-refractivity contribution in [1.82, 2.24) is 0 Å². The van der Waals surface area contributed by atoms with Crippen molar-refractivity contribution < 1.29 is 57.1 Å². The summed E-state index contributed by atoms with van der Waals surface area (Å²) in [5.41, 5.74) is -2.47. The molecule has 12 nitrogen and oxygen atoms in total. The number of ketones is 2. The molecule has 0 saturated carbocycles. The van der Waals surface area contributed by atoms with Crippen molar-refractivity contribution in [2.24, 2.45) is 17.3 Å². The predicted octanol–water partition coefficient (Wildman–Crippen LogP) is 9.99. The van der Waals surface area contributed by atoms with Gasteiger partial charge < -0.3 is 37.9 Å². The van der Waals surface area contributed by atoms with Crippen LogP contribution in [-0.2, 0) is 0 Å². The van der Waals surface area contributed by atoms with E-state index < -0.39 is 46.9 Å². The van der Waals surface area contributed by atoms with Gasteiger partial charge in [-0.15, -0.1) is 0 Å². The Morgan fingerprint density at radius 3 is 0.918 bits per heavy atom. The number of carbonyl (C=O) groups is 4. The molecule has 4 aromatic rings.